The van der Waals surface area contributed by atoms with Crippen molar-refractivity contribution in [1.29, 1.82) is 0 Å². The lowest BCUT2D eigenvalue weighted by molar-refractivity contribution is -0.116. The first-order valence-electron chi connectivity index (χ1n) is 8.98. The van der Waals surface area contributed by atoms with Crippen LogP contribution in [0.3, 0.4) is 0 Å². The molecule has 0 radical (unpaired) electrons. The highest BCUT2D eigenvalue weighted by Crippen LogP contribution is 2.40. The second kappa shape index (κ2) is 7.68. The largest absolute Gasteiger partial charge is 0.493 e. The van der Waals surface area contributed by atoms with Crippen molar-refractivity contribution in [3.63, 3.8) is 0 Å². The Balaban J connectivity index is 1.75. The van der Waals surface area contributed by atoms with E-state index in [0.29, 0.717) is 28.7 Å². The van der Waals surface area contributed by atoms with Crippen LogP contribution in [0, 0.1) is 18.2 Å². The van der Waals surface area contributed by atoms with Gasteiger partial charge >= 0.3 is 0 Å². The van der Waals surface area contributed by atoms with E-state index in [1.54, 1.807) is 36.2 Å². The number of terminal acetylenes is 1. The molecule has 29 heavy (non-hydrogen) atoms. The molecule has 0 saturated carbocycles. The smallest absolute Gasteiger partial charge is 0.226 e. The van der Waals surface area contributed by atoms with Gasteiger partial charge in [-0.1, -0.05) is 18.1 Å². The van der Waals surface area contributed by atoms with Crippen LogP contribution in [-0.4, -0.2) is 29.2 Å². The predicted octanol–water partition coefficient (Wildman–Crippen LogP) is 3.51. The number of imidazole rings is 1. The minimum absolute atomic E-state index is 0.129. The highest BCUT2D eigenvalue weighted by Gasteiger charge is 2.31. The monoisotopic (exact) mass is 391 g/mol. The summed E-state index contributed by atoms with van der Waals surface area (Å²) in [6.07, 6.45) is 7.07. The van der Waals surface area contributed by atoms with Crippen LogP contribution in [0.1, 0.15) is 23.6 Å². The Hall–Kier alpha value is -3.79. The van der Waals surface area contributed by atoms with Gasteiger partial charge in [-0.3, -0.25) is 9.36 Å². The molecule has 6 nitrogen and oxygen atoms in total. The van der Waals surface area contributed by atoms with Crippen molar-refractivity contribution >= 4 is 11.7 Å². The van der Waals surface area contributed by atoms with Gasteiger partial charge in [0.1, 0.15) is 24.6 Å². The topological polar surface area (TPSA) is 65.4 Å². The number of amides is 1. The van der Waals surface area contributed by atoms with Gasteiger partial charge in [-0.2, -0.15) is 0 Å². The van der Waals surface area contributed by atoms with Gasteiger partial charge in [0, 0.05) is 12.3 Å². The third-order valence-corrected chi connectivity index (χ3v) is 4.76. The fourth-order valence-electron chi connectivity index (χ4n) is 3.44. The fraction of sp³-hybridized carbons (Fsp3) is 0.182. The van der Waals surface area contributed by atoms with Crippen LogP contribution in [0.5, 0.6) is 11.5 Å². The molecule has 1 N–H and O–H groups in total. The molecule has 3 aromatic rings. The number of hydrogen-bond acceptors (Lipinski definition) is 4. The third kappa shape index (κ3) is 3.52. The molecule has 0 bridgehead atoms. The minimum atomic E-state index is -0.365. The zero-order valence-electron chi connectivity index (χ0n) is 15.7. The number of nitrogens with one attached hydrogen (secondary N) is 1. The summed E-state index contributed by atoms with van der Waals surface area (Å²) in [6, 6.07) is 11.6. The molecule has 1 aromatic heterocycles. The molecule has 0 aliphatic carbocycles. The van der Waals surface area contributed by atoms with Gasteiger partial charge in [0.05, 0.1) is 18.5 Å². The normalized spacial score (nSPS) is 15.2. The number of halogens is 1. The van der Waals surface area contributed by atoms with Gasteiger partial charge in [-0.15, -0.1) is 6.42 Å². The molecule has 1 amide bonds. The van der Waals surface area contributed by atoms with Crippen LogP contribution in [0.15, 0.2) is 48.8 Å². The Bertz CT molecular complexity index is 1120. The van der Waals surface area contributed by atoms with E-state index >= 15 is 0 Å². The average Bonchev–Trinajstić information content (AvgIpc) is 3.15. The first kappa shape index (κ1) is 18.6. The van der Waals surface area contributed by atoms with Crippen molar-refractivity contribution in [1.82, 2.24) is 9.55 Å². The average molecular weight is 391 g/mol. The molecule has 0 saturated heterocycles. The van der Waals surface area contributed by atoms with Crippen molar-refractivity contribution in [2.75, 3.05) is 19.0 Å². The van der Waals surface area contributed by atoms with Crippen molar-refractivity contribution in [2.45, 2.75) is 12.3 Å². The lowest BCUT2D eigenvalue weighted by Gasteiger charge is -2.24. The molecule has 7 heteroatoms. The molecule has 1 aliphatic heterocycles. The third-order valence-electron chi connectivity index (χ3n) is 4.76. The highest BCUT2D eigenvalue weighted by atomic mass is 19.1. The molecule has 1 aliphatic rings. The number of ether oxygens (including phenoxy) is 2. The number of fused-ring (bicyclic) bond motifs is 1. The van der Waals surface area contributed by atoms with Crippen LogP contribution in [-0.2, 0) is 4.79 Å². The number of carbonyl (C=O) groups is 1. The van der Waals surface area contributed by atoms with Gasteiger partial charge in [0.2, 0.25) is 5.91 Å². The molecule has 1 unspecified atom stereocenters. The van der Waals surface area contributed by atoms with Gasteiger partial charge in [0.15, 0.2) is 11.5 Å². The maximum atomic E-state index is 13.7. The first-order chi connectivity index (χ1) is 14.1. The van der Waals surface area contributed by atoms with E-state index in [1.165, 1.54) is 12.1 Å². The van der Waals surface area contributed by atoms with E-state index < -0.39 is 0 Å². The lowest BCUT2D eigenvalue weighted by atomic mass is 9.89. The number of benzene rings is 2. The summed E-state index contributed by atoms with van der Waals surface area (Å²) in [5, 5.41) is 2.86. The lowest BCUT2D eigenvalue weighted by Crippen LogP contribution is -2.25. The number of carbonyl (C=O) groups excluding carboxylic acids is 1. The maximum absolute atomic E-state index is 13.7. The summed E-state index contributed by atoms with van der Waals surface area (Å²) in [4.78, 5) is 16.9. The van der Waals surface area contributed by atoms with Crippen molar-refractivity contribution in [3.8, 4) is 29.5 Å². The number of aromatic nitrogens is 2. The second-order valence-electron chi connectivity index (χ2n) is 6.54. The zero-order valence-corrected chi connectivity index (χ0v) is 15.7. The number of methoxy groups -OCH3 is 1. The van der Waals surface area contributed by atoms with E-state index in [4.69, 9.17) is 15.9 Å². The van der Waals surface area contributed by atoms with Crippen LogP contribution in [0.2, 0.25) is 0 Å². The van der Waals surface area contributed by atoms with Crippen LogP contribution < -0.4 is 14.8 Å². The van der Waals surface area contributed by atoms with Crippen LogP contribution in [0.4, 0.5) is 10.2 Å². The van der Waals surface area contributed by atoms with Crippen molar-refractivity contribution < 1.29 is 18.7 Å². The summed E-state index contributed by atoms with van der Waals surface area (Å²) in [6.45, 7) is 0.129. The van der Waals surface area contributed by atoms with Gasteiger partial charge in [-0.25, -0.2) is 9.37 Å². The molecule has 146 valence electrons. The molecule has 2 aromatic carbocycles. The summed E-state index contributed by atoms with van der Waals surface area (Å²) < 4.78 is 26.2. The van der Waals surface area contributed by atoms with Crippen LogP contribution in [0.25, 0.3) is 5.69 Å². The molecule has 0 spiro atoms. The maximum Gasteiger partial charge on any atom is 0.226 e. The van der Waals surface area contributed by atoms with E-state index in [-0.39, 0.29) is 30.7 Å². The highest BCUT2D eigenvalue weighted by molar-refractivity contribution is 5.94. The molecular formula is C22H18FN3O3. The SMILES string of the molecule is C#CCOc1ccc(C2CC(=O)Nc3c2ncn3-c2cccc(F)c2)cc1OC. The van der Waals surface area contributed by atoms with Crippen molar-refractivity contribution in [3.05, 3.63) is 65.9 Å². The molecule has 1 atom stereocenters. The summed E-state index contributed by atoms with van der Waals surface area (Å²) in [5.41, 5.74) is 2.14. The predicted molar refractivity (Wildman–Crippen MR) is 106 cm³/mol. The quantitative estimate of drug-likeness (QED) is 0.676. The number of hydrogen-bond donors (Lipinski definition) is 1. The molecule has 4 rings (SSSR count). The van der Waals surface area contributed by atoms with E-state index in [0.717, 1.165) is 5.56 Å². The standard InChI is InChI=1S/C22H18FN3O3/c1-3-9-29-18-8-7-14(10-19(18)28-2)17-12-20(27)25-22-21(17)24-13-26(22)16-6-4-5-15(23)11-16/h1,4-8,10-11,13,17H,9,12H2,2H3,(H,25,27). The van der Waals surface area contributed by atoms with Gasteiger partial charge < -0.3 is 14.8 Å². The molecular weight excluding hydrogens is 373 g/mol. The first-order valence-corrected chi connectivity index (χ1v) is 8.98. The zero-order chi connectivity index (χ0) is 20.4. The Kier molecular flexibility index (Phi) is 4.92. The summed E-state index contributed by atoms with van der Waals surface area (Å²) >= 11 is 0. The summed E-state index contributed by atoms with van der Waals surface area (Å²) in [7, 11) is 1.54. The van der Waals surface area contributed by atoms with Gasteiger partial charge in [-0.05, 0) is 35.9 Å². The van der Waals surface area contributed by atoms with E-state index in [2.05, 4.69) is 16.2 Å². The second-order valence-corrected chi connectivity index (χ2v) is 6.54. The van der Waals surface area contributed by atoms with E-state index in [9.17, 15) is 9.18 Å². The Morgan fingerprint density at radius 2 is 2.17 bits per heavy atom. The van der Waals surface area contributed by atoms with Crippen molar-refractivity contribution in [2.24, 2.45) is 0 Å². The van der Waals surface area contributed by atoms with Crippen LogP contribution >= 0.6 is 0 Å². The Morgan fingerprint density at radius 3 is 2.93 bits per heavy atom. The van der Waals surface area contributed by atoms with E-state index in [1.807, 2.05) is 12.1 Å². The molecule has 0 fully saturated rings. The minimum Gasteiger partial charge on any atom is -0.493 e. The Labute approximate surface area is 167 Å². The number of rotatable bonds is 5. The summed E-state index contributed by atoms with van der Waals surface area (Å²) in [5.74, 6) is 3.21. The van der Waals surface area contributed by atoms with Gasteiger partial charge in [0.25, 0.3) is 0 Å². The Morgan fingerprint density at radius 1 is 1.31 bits per heavy atom. The number of nitrogens with zero attached hydrogens (tertiary/aromatic N) is 2. The number of anilines is 1. The fourth-order valence-corrected chi connectivity index (χ4v) is 3.44. The molecule has 2 heterocycles.